The van der Waals surface area contributed by atoms with Crippen molar-refractivity contribution in [3.63, 3.8) is 0 Å². The van der Waals surface area contributed by atoms with Crippen molar-refractivity contribution in [1.29, 1.82) is 0 Å². The molecular weight excluding hydrogens is 422 g/mol. The highest BCUT2D eigenvalue weighted by Gasteiger charge is 2.26. The highest BCUT2D eigenvalue weighted by atomic mass is 16.6. The van der Waals surface area contributed by atoms with Gasteiger partial charge in [0.2, 0.25) is 12.3 Å². The van der Waals surface area contributed by atoms with Crippen molar-refractivity contribution in [3.05, 3.63) is 23.8 Å². The molecule has 1 atom stereocenters. The summed E-state index contributed by atoms with van der Waals surface area (Å²) in [5.74, 6) is -0.365. The molecule has 8 nitrogen and oxygen atoms in total. The molecule has 0 saturated carbocycles. The molecule has 0 heterocycles. The molecule has 0 fully saturated rings. The summed E-state index contributed by atoms with van der Waals surface area (Å²) in [7, 11) is 5.10. The van der Waals surface area contributed by atoms with Gasteiger partial charge in [-0.3, -0.25) is 14.4 Å². The fourth-order valence-electron chi connectivity index (χ4n) is 3.73. The summed E-state index contributed by atoms with van der Waals surface area (Å²) < 4.78 is 5.36. The Morgan fingerprint density at radius 3 is 2.39 bits per heavy atom. The molecule has 1 N–H and O–H groups in total. The Balaban J connectivity index is 3.06. The molecule has 0 radical (unpaired) electrons. The number of anilines is 2. The van der Waals surface area contributed by atoms with Gasteiger partial charge in [0.25, 0.3) is 0 Å². The first-order valence-electron chi connectivity index (χ1n) is 11.5. The van der Waals surface area contributed by atoms with Crippen LogP contribution in [0.5, 0.6) is 0 Å². The van der Waals surface area contributed by atoms with E-state index in [1.807, 2.05) is 50.9 Å². The van der Waals surface area contributed by atoms with E-state index in [9.17, 15) is 19.2 Å². The number of nitrogens with zero attached hydrogens (tertiary/aromatic N) is 2. The Morgan fingerprint density at radius 1 is 1.12 bits per heavy atom. The predicted octanol–water partition coefficient (Wildman–Crippen LogP) is 3.25. The second-order valence-corrected chi connectivity index (χ2v) is 9.13. The SMILES string of the molecule is CNC(=O)C(CCCC=O)N(C)c1cccc(CCCCC(=O)OC(C)(C)C)c1N(C)C=O. The van der Waals surface area contributed by atoms with Crippen molar-refractivity contribution in [2.45, 2.75) is 77.4 Å². The average molecular weight is 462 g/mol. The van der Waals surface area contributed by atoms with Crippen LogP contribution in [0.15, 0.2) is 18.2 Å². The first kappa shape index (κ1) is 28.1. The minimum atomic E-state index is -0.497. The lowest BCUT2D eigenvalue weighted by Crippen LogP contribution is -2.44. The Hall–Kier alpha value is -2.90. The number of hydrogen-bond donors (Lipinski definition) is 1. The lowest BCUT2D eigenvalue weighted by Gasteiger charge is -2.32. The molecule has 0 aliphatic heterocycles. The smallest absolute Gasteiger partial charge is 0.306 e. The summed E-state index contributed by atoms with van der Waals surface area (Å²) in [6, 6.07) is 5.27. The molecule has 0 bridgehead atoms. The van der Waals surface area contributed by atoms with Crippen LogP contribution in [0.1, 0.15) is 64.9 Å². The molecule has 2 amide bonds. The number of benzene rings is 1. The number of para-hydroxylation sites is 1. The van der Waals surface area contributed by atoms with E-state index >= 15 is 0 Å². The van der Waals surface area contributed by atoms with E-state index in [1.165, 1.54) is 4.90 Å². The molecule has 33 heavy (non-hydrogen) atoms. The van der Waals surface area contributed by atoms with E-state index < -0.39 is 11.6 Å². The molecule has 0 aromatic heterocycles. The van der Waals surface area contributed by atoms with Crippen LogP contribution >= 0.6 is 0 Å². The zero-order valence-electron chi connectivity index (χ0n) is 20.8. The Kier molecular flexibility index (Phi) is 11.6. The van der Waals surface area contributed by atoms with Crippen molar-refractivity contribution < 1.29 is 23.9 Å². The van der Waals surface area contributed by atoms with Gasteiger partial charge in [-0.2, -0.15) is 0 Å². The fraction of sp³-hybridized carbons (Fsp3) is 0.600. The van der Waals surface area contributed by atoms with Gasteiger partial charge in [-0.1, -0.05) is 12.1 Å². The number of esters is 1. The number of nitrogens with one attached hydrogen (secondary N) is 1. The van der Waals surface area contributed by atoms with E-state index in [-0.39, 0.29) is 11.9 Å². The van der Waals surface area contributed by atoms with Gasteiger partial charge >= 0.3 is 5.97 Å². The normalized spacial score (nSPS) is 11.9. The highest BCUT2D eigenvalue weighted by Crippen LogP contribution is 2.34. The highest BCUT2D eigenvalue weighted by molar-refractivity contribution is 5.90. The number of rotatable bonds is 14. The quantitative estimate of drug-likeness (QED) is 0.260. The maximum atomic E-state index is 12.6. The van der Waals surface area contributed by atoms with Crippen molar-refractivity contribution in [3.8, 4) is 0 Å². The third-order valence-electron chi connectivity index (χ3n) is 5.30. The lowest BCUT2D eigenvalue weighted by molar-refractivity contribution is -0.155. The maximum absolute atomic E-state index is 12.6. The number of aryl methyl sites for hydroxylation is 1. The summed E-state index contributed by atoms with van der Waals surface area (Å²) in [4.78, 5) is 50.3. The van der Waals surface area contributed by atoms with Crippen LogP contribution in [-0.4, -0.2) is 57.4 Å². The monoisotopic (exact) mass is 461 g/mol. The predicted molar refractivity (Wildman–Crippen MR) is 130 cm³/mol. The van der Waals surface area contributed by atoms with Crippen LogP contribution < -0.4 is 15.1 Å². The molecule has 0 saturated heterocycles. The molecule has 1 rings (SSSR count). The minimum Gasteiger partial charge on any atom is -0.460 e. The van der Waals surface area contributed by atoms with Gasteiger partial charge in [0, 0.05) is 34.0 Å². The lowest BCUT2D eigenvalue weighted by atomic mass is 10.0. The van der Waals surface area contributed by atoms with Crippen molar-refractivity contribution >= 4 is 35.9 Å². The number of unbranched alkanes of at least 4 members (excludes halogenated alkanes) is 2. The van der Waals surface area contributed by atoms with Gasteiger partial charge in [-0.15, -0.1) is 0 Å². The zero-order chi connectivity index (χ0) is 25.0. The maximum Gasteiger partial charge on any atom is 0.306 e. The molecule has 0 aliphatic rings. The Morgan fingerprint density at radius 2 is 1.82 bits per heavy atom. The van der Waals surface area contributed by atoms with E-state index in [0.29, 0.717) is 38.5 Å². The van der Waals surface area contributed by atoms with Crippen molar-refractivity contribution in [2.75, 3.05) is 30.9 Å². The molecule has 184 valence electrons. The first-order chi connectivity index (χ1) is 15.6. The molecule has 1 unspecified atom stereocenters. The summed E-state index contributed by atoms with van der Waals surface area (Å²) in [5.41, 5.74) is 1.95. The van der Waals surface area contributed by atoms with Crippen LogP contribution in [0.2, 0.25) is 0 Å². The number of amides is 2. The van der Waals surface area contributed by atoms with Crippen molar-refractivity contribution in [1.82, 2.24) is 5.32 Å². The van der Waals surface area contributed by atoms with Crippen LogP contribution in [0, 0.1) is 0 Å². The number of likely N-dealkylation sites (N-methyl/N-ethyl adjacent to an activating group) is 2. The molecule has 1 aromatic carbocycles. The van der Waals surface area contributed by atoms with Gasteiger partial charge in [0.15, 0.2) is 0 Å². The van der Waals surface area contributed by atoms with Crippen LogP contribution in [0.3, 0.4) is 0 Å². The summed E-state index contributed by atoms with van der Waals surface area (Å²) >= 11 is 0. The largest absolute Gasteiger partial charge is 0.460 e. The summed E-state index contributed by atoms with van der Waals surface area (Å²) in [6.07, 6.45) is 5.53. The van der Waals surface area contributed by atoms with Gasteiger partial charge in [-0.05, 0) is 64.5 Å². The van der Waals surface area contributed by atoms with Gasteiger partial charge < -0.3 is 24.6 Å². The van der Waals surface area contributed by atoms with Gasteiger partial charge in [-0.25, -0.2) is 0 Å². The van der Waals surface area contributed by atoms with Gasteiger partial charge in [0.1, 0.15) is 17.9 Å². The van der Waals surface area contributed by atoms with E-state index in [1.54, 1.807) is 14.1 Å². The molecule has 0 spiro atoms. The number of ether oxygens (including phenoxy) is 1. The van der Waals surface area contributed by atoms with E-state index in [4.69, 9.17) is 4.74 Å². The van der Waals surface area contributed by atoms with Crippen LogP contribution in [0.25, 0.3) is 0 Å². The topological polar surface area (TPSA) is 96.0 Å². The Bertz CT molecular complexity index is 804. The van der Waals surface area contributed by atoms with E-state index in [2.05, 4.69) is 5.32 Å². The number of carbonyl (C=O) groups excluding carboxylic acids is 4. The number of aldehydes is 1. The molecule has 0 aliphatic carbocycles. The first-order valence-corrected chi connectivity index (χ1v) is 11.5. The second-order valence-electron chi connectivity index (χ2n) is 9.13. The van der Waals surface area contributed by atoms with Crippen LogP contribution in [0.4, 0.5) is 11.4 Å². The van der Waals surface area contributed by atoms with E-state index in [0.717, 1.165) is 36.1 Å². The van der Waals surface area contributed by atoms with Crippen molar-refractivity contribution in [2.24, 2.45) is 0 Å². The fourth-order valence-corrected chi connectivity index (χ4v) is 3.73. The molecular formula is C25H39N3O5. The summed E-state index contributed by atoms with van der Waals surface area (Å²) in [5, 5.41) is 2.69. The summed E-state index contributed by atoms with van der Waals surface area (Å²) in [6.45, 7) is 5.54. The third-order valence-corrected chi connectivity index (χ3v) is 5.30. The molecule has 8 heteroatoms. The standard InChI is InChI=1S/C25H39N3O5/c1-25(2,3)33-22(31)16-8-7-12-19-13-11-15-20(23(19)27(5)18-30)28(6)21(24(32)26-4)14-9-10-17-29/h11,13,15,17-18,21H,7-10,12,14,16H2,1-6H3,(H,26,32). The second kappa shape index (κ2) is 13.6. The number of carbonyl (C=O) groups is 4. The average Bonchev–Trinajstić information content (AvgIpc) is 2.76. The Labute approximate surface area is 197 Å². The third kappa shape index (κ3) is 9.24. The minimum absolute atomic E-state index is 0.147. The number of hydrogen-bond acceptors (Lipinski definition) is 6. The van der Waals surface area contributed by atoms with Gasteiger partial charge in [0.05, 0.1) is 11.4 Å². The zero-order valence-corrected chi connectivity index (χ0v) is 20.8. The van der Waals surface area contributed by atoms with Crippen LogP contribution in [-0.2, 0) is 30.3 Å². The molecule has 1 aromatic rings.